The highest BCUT2D eigenvalue weighted by Gasteiger charge is 2.32. The standard InChI is InChI=1S/C12H18F3N3O2S/c1-2-20-5-3-4-18(8-12(13,14)15)10(19)6-9-7-21-11(16)17-9/h7H,2-6,8H2,1H3,(H2,16,17). The maximum Gasteiger partial charge on any atom is 0.406 e. The zero-order chi connectivity index (χ0) is 15.9. The fourth-order valence-corrected chi connectivity index (χ4v) is 2.24. The summed E-state index contributed by atoms with van der Waals surface area (Å²) in [4.78, 5) is 16.6. The lowest BCUT2D eigenvalue weighted by Gasteiger charge is -2.23. The summed E-state index contributed by atoms with van der Waals surface area (Å²) in [6, 6.07) is 0. The minimum atomic E-state index is -4.43. The molecule has 0 unspecified atom stereocenters. The molecule has 0 aromatic carbocycles. The number of carbonyl (C=O) groups is 1. The minimum Gasteiger partial charge on any atom is -0.382 e. The number of anilines is 1. The van der Waals surface area contributed by atoms with Gasteiger partial charge in [-0.15, -0.1) is 11.3 Å². The van der Waals surface area contributed by atoms with Crippen LogP contribution in [0.25, 0.3) is 0 Å². The molecule has 2 N–H and O–H groups in total. The molecule has 0 saturated carbocycles. The molecule has 1 amide bonds. The Balaban J connectivity index is 2.58. The average Bonchev–Trinajstić information content (AvgIpc) is 2.77. The highest BCUT2D eigenvalue weighted by atomic mass is 32.1. The van der Waals surface area contributed by atoms with Crippen molar-refractivity contribution in [3.05, 3.63) is 11.1 Å². The van der Waals surface area contributed by atoms with Crippen molar-refractivity contribution in [1.82, 2.24) is 9.88 Å². The Kier molecular flexibility index (Phi) is 6.90. The second kappa shape index (κ2) is 8.18. The number of thiazole rings is 1. The lowest BCUT2D eigenvalue weighted by atomic mass is 10.2. The molecular weight excluding hydrogens is 307 g/mol. The maximum absolute atomic E-state index is 12.5. The van der Waals surface area contributed by atoms with Crippen LogP contribution in [-0.2, 0) is 16.0 Å². The molecule has 0 atom stereocenters. The monoisotopic (exact) mass is 325 g/mol. The van der Waals surface area contributed by atoms with Crippen LogP contribution in [0.15, 0.2) is 5.38 Å². The molecule has 0 saturated heterocycles. The number of aromatic nitrogens is 1. The van der Waals surface area contributed by atoms with Gasteiger partial charge in [0.05, 0.1) is 12.1 Å². The van der Waals surface area contributed by atoms with Crippen molar-refractivity contribution in [3.63, 3.8) is 0 Å². The first kappa shape index (κ1) is 17.7. The van der Waals surface area contributed by atoms with Crippen LogP contribution >= 0.6 is 11.3 Å². The molecule has 0 aliphatic carbocycles. The molecular formula is C12H18F3N3O2S. The molecule has 0 fully saturated rings. The van der Waals surface area contributed by atoms with Crippen molar-refractivity contribution in [3.8, 4) is 0 Å². The number of rotatable bonds is 8. The Morgan fingerprint density at radius 2 is 2.24 bits per heavy atom. The smallest absolute Gasteiger partial charge is 0.382 e. The normalized spacial score (nSPS) is 11.6. The van der Waals surface area contributed by atoms with E-state index in [1.807, 2.05) is 0 Å². The summed E-state index contributed by atoms with van der Waals surface area (Å²) in [5, 5.41) is 1.86. The van der Waals surface area contributed by atoms with E-state index in [0.29, 0.717) is 25.3 Å². The van der Waals surface area contributed by atoms with Crippen molar-refractivity contribution >= 4 is 22.4 Å². The largest absolute Gasteiger partial charge is 0.406 e. The predicted molar refractivity (Wildman–Crippen MR) is 74.0 cm³/mol. The molecule has 1 rings (SSSR count). The van der Waals surface area contributed by atoms with Gasteiger partial charge in [0.15, 0.2) is 5.13 Å². The zero-order valence-electron chi connectivity index (χ0n) is 11.7. The van der Waals surface area contributed by atoms with Crippen LogP contribution in [0.1, 0.15) is 19.0 Å². The Morgan fingerprint density at radius 1 is 1.52 bits per heavy atom. The van der Waals surface area contributed by atoms with Crippen LogP contribution in [0.4, 0.5) is 18.3 Å². The maximum atomic E-state index is 12.5. The van der Waals surface area contributed by atoms with Crippen molar-refractivity contribution < 1.29 is 22.7 Å². The van der Waals surface area contributed by atoms with Gasteiger partial charge >= 0.3 is 6.18 Å². The number of halogens is 3. The number of nitrogens with two attached hydrogens (primary N) is 1. The van der Waals surface area contributed by atoms with E-state index in [4.69, 9.17) is 10.5 Å². The number of alkyl halides is 3. The summed E-state index contributed by atoms with van der Waals surface area (Å²) in [5.41, 5.74) is 5.82. The second-order valence-corrected chi connectivity index (χ2v) is 5.22. The second-order valence-electron chi connectivity index (χ2n) is 4.33. The third kappa shape index (κ3) is 7.28. The predicted octanol–water partition coefficient (Wildman–Crippen LogP) is 2.09. The molecule has 5 nitrogen and oxygen atoms in total. The highest BCUT2D eigenvalue weighted by molar-refractivity contribution is 7.13. The van der Waals surface area contributed by atoms with Gasteiger partial charge in [-0.3, -0.25) is 4.79 Å². The molecule has 1 aromatic rings. The van der Waals surface area contributed by atoms with Crippen LogP contribution in [0, 0.1) is 0 Å². The fraction of sp³-hybridized carbons (Fsp3) is 0.667. The van der Waals surface area contributed by atoms with E-state index in [2.05, 4.69) is 4.98 Å². The van der Waals surface area contributed by atoms with Crippen LogP contribution in [0.3, 0.4) is 0 Å². The van der Waals surface area contributed by atoms with Gasteiger partial charge < -0.3 is 15.4 Å². The van der Waals surface area contributed by atoms with Gasteiger partial charge in [-0.05, 0) is 13.3 Å². The highest BCUT2D eigenvalue weighted by Crippen LogP contribution is 2.18. The molecule has 120 valence electrons. The van der Waals surface area contributed by atoms with E-state index in [1.165, 1.54) is 0 Å². The van der Waals surface area contributed by atoms with Crippen molar-refractivity contribution in [2.75, 3.05) is 32.0 Å². The van der Waals surface area contributed by atoms with Crippen molar-refractivity contribution in [2.24, 2.45) is 0 Å². The van der Waals surface area contributed by atoms with Gasteiger partial charge in [0, 0.05) is 25.1 Å². The number of carbonyl (C=O) groups excluding carboxylic acids is 1. The van der Waals surface area contributed by atoms with E-state index in [1.54, 1.807) is 12.3 Å². The Morgan fingerprint density at radius 3 is 2.76 bits per heavy atom. The number of nitrogen functional groups attached to an aromatic ring is 1. The van der Waals surface area contributed by atoms with E-state index < -0.39 is 18.6 Å². The molecule has 9 heteroatoms. The van der Waals surface area contributed by atoms with Crippen molar-refractivity contribution in [2.45, 2.75) is 25.9 Å². The van der Waals surface area contributed by atoms with Gasteiger partial charge in [0.1, 0.15) is 6.54 Å². The molecule has 21 heavy (non-hydrogen) atoms. The Labute approximate surface area is 124 Å². The molecule has 1 aromatic heterocycles. The SMILES string of the molecule is CCOCCCN(CC(F)(F)F)C(=O)Cc1csc(N)n1. The third-order valence-electron chi connectivity index (χ3n) is 2.55. The average molecular weight is 325 g/mol. The summed E-state index contributed by atoms with van der Waals surface area (Å²) in [6.07, 6.45) is -4.25. The van der Waals surface area contributed by atoms with E-state index in [-0.39, 0.29) is 18.1 Å². The first-order valence-electron chi connectivity index (χ1n) is 6.44. The molecule has 0 bridgehead atoms. The lowest BCUT2D eigenvalue weighted by molar-refractivity contribution is -0.161. The molecule has 0 radical (unpaired) electrons. The van der Waals surface area contributed by atoms with Gasteiger partial charge in [-0.2, -0.15) is 13.2 Å². The molecule has 0 spiro atoms. The summed E-state index contributed by atoms with van der Waals surface area (Å²) >= 11 is 1.15. The van der Waals surface area contributed by atoms with Gasteiger partial charge in [0.2, 0.25) is 5.91 Å². The number of ether oxygens (including phenoxy) is 1. The zero-order valence-corrected chi connectivity index (χ0v) is 12.5. The number of amides is 1. The summed E-state index contributed by atoms with van der Waals surface area (Å²) in [6.45, 7) is 1.34. The van der Waals surface area contributed by atoms with Gasteiger partial charge in [-0.25, -0.2) is 4.98 Å². The number of nitrogens with zero attached hydrogens (tertiary/aromatic N) is 2. The van der Waals surface area contributed by atoms with Gasteiger partial charge in [-0.1, -0.05) is 0 Å². The number of hydrogen-bond donors (Lipinski definition) is 1. The minimum absolute atomic E-state index is 0.00202. The van der Waals surface area contributed by atoms with E-state index >= 15 is 0 Å². The van der Waals surface area contributed by atoms with Gasteiger partial charge in [0.25, 0.3) is 0 Å². The number of hydrogen-bond acceptors (Lipinski definition) is 5. The summed E-state index contributed by atoms with van der Waals surface area (Å²) in [7, 11) is 0. The van der Waals surface area contributed by atoms with Crippen molar-refractivity contribution in [1.29, 1.82) is 0 Å². The Bertz CT molecular complexity index is 451. The first-order chi connectivity index (χ1) is 9.81. The van der Waals surface area contributed by atoms with Crippen LogP contribution in [0.5, 0.6) is 0 Å². The van der Waals surface area contributed by atoms with Crippen LogP contribution in [-0.4, -0.2) is 48.3 Å². The topological polar surface area (TPSA) is 68.5 Å². The molecule has 0 aliphatic heterocycles. The first-order valence-corrected chi connectivity index (χ1v) is 7.32. The van der Waals surface area contributed by atoms with Crippen LogP contribution < -0.4 is 5.73 Å². The molecule has 1 heterocycles. The van der Waals surface area contributed by atoms with E-state index in [0.717, 1.165) is 16.2 Å². The van der Waals surface area contributed by atoms with Crippen LogP contribution in [0.2, 0.25) is 0 Å². The Hall–Kier alpha value is -1.35. The quantitative estimate of drug-likeness (QED) is 0.743. The summed E-state index contributed by atoms with van der Waals surface area (Å²) in [5.74, 6) is -0.617. The summed E-state index contributed by atoms with van der Waals surface area (Å²) < 4.78 is 42.6. The third-order valence-corrected chi connectivity index (χ3v) is 3.27. The lowest BCUT2D eigenvalue weighted by Crippen LogP contribution is -2.40. The fourth-order valence-electron chi connectivity index (χ4n) is 1.68. The molecule has 0 aliphatic rings. The van der Waals surface area contributed by atoms with E-state index in [9.17, 15) is 18.0 Å².